The van der Waals surface area contributed by atoms with E-state index in [-0.39, 0.29) is 5.82 Å². The average molecular weight is 383 g/mol. The Morgan fingerprint density at radius 3 is 2.40 bits per heavy atom. The first-order chi connectivity index (χ1) is 9.69. The largest absolute Gasteiger partial charge is 0.319 e. The Morgan fingerprint density at radius 2 is 1.75 bits per heavy atom. The summed E-state index contributed by atoms with van der Waals surface area (Å²) in [5.74, 6) is 0.299. The van der Waals surface area contributed by atoms with E-state index in [1.165, 1.54) is 15.2 Å². The fourth-order valence-corrected chi connectivity index (χ4v) is 2.79. The fraction of sp³-hybridized carbons (Fsp3) is 0.294. The highest BCUT2D eigenvalue weighted by Crippen LogP contribution is 2.17. The first-order valence-corrected chi connectivity index (χ1v) is 7.89. The van der Waals surface area contributed by atoms with Crippen LogP contribution in [0.3, 0.4) is 0 Å². The topological polar surface area (TPSA) is 12.0 Å². The highest BCUT2D eigenvalue weighted by Gasteiger charge is 2.12. The smallest absolute Gasteiger partial charge is 0.126 e. The molecule has 0 heterocycles. The molecule has 0 aliphatic rings. The van der Waals surface area contributed by atoms with Gasteiger partial charge in [0.1, 0.15) is 5.82 Å². The zero-order valence-corrected chi connectivity index (χ0v) is 13.7. The second-order valence-electron chi connectivity index (χ2n) is 5.05. The van der Waals surface area contributed by atoms with Gasteiger partial charge in [0.15, 0.2) is 0 Å². The molecule has 0 aromatic heterocycles. The van der Waals surface area contributed by atoms with Crippen molar-refractivity contribution in [1.29, 1.82) is 0 Å². The van der Waals surface area contributed by atoms with E-state index in [0.717, 1.165) is 24.9 Å². The normalized spacial score (nSPS) is 12.3. The molecule has 0 saturated heterocycles. The molecule has 0 aliphatic heterocycles. The zero-order valence-electron chi connectivity index (χ0n) is 11.6. The molecule has 0 amide bonds. The van der Waals surface area contributed by atoms with Crippen LogP contribution >= 0.6 is 22.6 Å². The van der Waals surface area contributed by atoms with Gasteiger partial charge in [0.25, 0.3) is 0 Å². The van der Waals surface area contributed by atoms with Crippen molar-refractivity contribution in [1.82, 2.24) is 5.32 Å². The number of hydrogen-bond acceptors (Lipinski definition) is 1. The highest BCUT2D eigenvalue weighted by molar-refractivity contribution is 14.1. The van der Waals surface area contributed by atoms with Gasteiger partial charge in [-0.2, -0.15) is 0 Å². The van der Waals surface area contributed by atoms with E-state index in [1.807, 2.05) is 19.2 Å². The van der Waals surface area contributed by atoms with Crippen LogP contribution in [0.15, 0.2) is 48.5 Å². The van der Waals surface area contributed by atoms with Crippen LogP contribution in [0.25, 0.3) is 0 Å². The van der Waals surface area contributed by atoms with Crippen molar-refractivity contribution in [2.45, 2.75) is 12.8 Å². The Bertz CT molecular complexity index is 539. The van der Waals surface area contributed by atoms with Crippen molar-refractivity contribution in [2.75, 3.05) is 13.6 Å². The summed E-state index contributed by atoms with van der Waals surface area (Å²) < 4.78 is 15.0. The third kappa shape index (κ3) is 4.56. The van der Waals surface area contributed by atoms with Crippen molar-refractivity contribution in [2.24, 2.45) is 5.92 Å². The third-order valence-electron chi connectivity index (χ3n) is 3.40. The molecular formula is C17H19FIN. The summed E-state index contributed by atoms with van der Waals surface area (Å²) in [4.78, 5) is 0. The molecule has 2 aromatic rings. The second kappa shape index (κ2) is 7.74. The van der Waals surface area contributed by atoms with Gasteiger partial charge in [-0.1, -0.05) is 30.3 Å². The Labute approximate surface area is 133 Å². The minimum Gasteiger partial charge on any atom is -0.319 e. The number of halogens is 2. The number of benzene rings is 2. The summed E-state index contributed by atoms with van der Waals surface area (Å²) in [7, 11) is 1.95. The first-order valence-electron chi connectivity index (χ1n) is 6.81. The van der Waals surface area contributed by atoms with E-state index in [1.54, 1.807) is 6.07 Å². The van der Waals surface area contributed by atoms with Gasteiger partial charge in [0.05, 0.1) is 0 Å². The maximum atomic E-state index is 13.8. The van der Waals surface area contributed by atoms with Crippen molar-refractivity contribution < 1.29 is 4.39 Å². The third-order valence-corrected chi connectivity index (χ3v) is 4.12. The lowest BCUT2D eigenvalue weighted by Gasteiger charge is -2.17. The maximum Gasteiger partial charge on any atom is 0.126 e. The molecule has 1 atom stereocenters. The molecule has 0 fully saturated rings. The number of rotatable bonds is 6. The van der Waals surface area contributed by atoms with E-state index in [4.69, 9.17) is 0 Å². The van der Waals surface area contributed by atoms with Gasteiger partial charge in [-0.25, -0.2) is 4.39 Å². The number of hydrogen-bond donors (Lipinski definition) is 1. The molecule has 0 spiro atoms. The van der Waals surface area contributed by atoms with Gasteiger partial charge >= 0.3 is 0 Å². The first kappa shape index (κ1) is 15.4. The highest BCUT2D eigenvalue weighted by atomic mass is 127. The lowest BCUT2D eigenvalue weighted by molar-refractivity contribution is 0.480. The molecule has 0 radical (unpaired) electrons. The minimum absolute atomic E-state index is 0.101. The predicted molar refractivity (Wildman–Crippen MR) is 90.4 cm³/mol. The molecule has 3 heteroatoms. The molecule has 20 heavy (non-hydrogen) atoms. The summed E-state index contributed by atoms with van der Waals surface area (Å²) >= 11 is 2.31. The lowest BCUT2D eigenvalue weighted by atomic mass is 9.92. The predicted octanol–water partition coefficient (Wildman–Crippen LogP) is 4.05. The van der Waals surface area contributed by atoms with Gasteiger partial charge in [-0.05, 0) is 84.3 Å². The fourth-order valence-electron chi connectivity index (χ4n) is 2.43. The van der Waals surface area contributed by atoms with Crippen LogP contribution in [-0.2, 0) is 12.8 Å². The molecular weight excluding hydrogens is 364 g/mol. The van der Waals surface area contributed by atoms with Gasteiger partial charge in [-0.3, -0.25) is 0 Å². The minimum atomic E-state index is -0.101. The summed E-state index contributed by atoms with van der Waals surface area (Å²) in [5.41, 5.74) is 2.11. The standard InChI is InChI=1S/C17H19FIN/c1-20-12-14(10-13-6-8-16(19)9-7-13)11-15-4-2-3-5-17(15)18/h2-9,14,20H,10-12H2,1H3. The Morgan fingerprint density at radius 1 is 1.05 bits per heavy atom. The van der Waals surface area contributed by atoms with E-state index in [9.17, 15) is 4.39 Å². The zero-order chi connectivity index (χ0) is 14.4. The van der Waals surface area contributed by atoms with Gasteiger partial charge in [0, 0.05) is 3.57 Å². The summed E-state index contributed by atoms with van der Waals surface area (Å²) in [6.07, 6.45) is 1.73. The van der Waals surface area contributed by atoms with Crippen molar-refractivity contribution >= 4 is 22.6 Å². The van der Waals surface area contributed by atoms with E-state index >= 15 is 0 Å². The van der Waals surface area contributed by atoms with Gasteiger partial charge < -0.3 is 5.32 Å². The quantitative estimate of drug-likeness (QED) is 0.743. The lowest BCUT2D eigenvalue weighted by Crippen LogP contribution is -2.23. The van der Waals surface area contributed by atoms with Crippen molar-refractivity contribution in [3.8, 4) is 0 Å². The summed E-state index contributed by atoms with van der Waals surface area (Å²) in [6.45, 7) is 0.889. The van der Waals surface area contributed by atoms with Crippen LogP contribution < -0.4 is 5.32 Å². The van der Waals surface area contributed by atoms with E-state index in [2.05, 4.69) is 52.2 Å². The summed E-state index contributed by atoms with van der Waals surface area (Å²) in [5, 5.41) is 3.22. The monoisotopic (exact) mass is 383 g/mol. The van der Waals surface area contributed by atoms with Crippen LogP contribution in [-0.4, -0.2) is 13.6 Å². The molecule has 2 aromatic carbocycles. The van der Waals surface area contributed by atoms with Crippen LogP contribution in [0.2, 0.25) is 0 Å². The molecule has 0 aliphatic carbocycles. The summed E-state index contributed by atoms with van der Waals surface area (Å²) in [6, 6.07) is 15.6. The molecule has 1 nitrogen and oxygen atoms in total. The Balaban J connectivity index is 2.07. The molecule has 1 N–H and O–H groups in total. The molecule has 0 bridgehead atoms. The van der Waals surface area contributed by atoms with Crippen LogP contribution in [0.4, 0.5) is 4.39 Å². The van der Waals surface area contributed by atoms with Crippen LogP contribution in [0.1, 0.15) is 11.1 Å². The number of nitrogens with one attached hydrogen (secondary N) is 1. The van der Waals surface area contributed by atoms with Crippen LogP contribution in [0.5, 0.6) is 0 Å². The van der Waals surface area contributed by atoms with Crippen molar-refractivity contribution in [3.05, 3.63) is 69.0 Å². The van der Waals surface area contributed by atoms with Gasteiger partial charge in [0.2, 0.25) is 0 Å². The molecule has 2 rings (SSSR count). The molecule has 106 valence electrons. The molecule has 1 unspecified atom stereocenters. The maximum absolute atomic E-state index is 13.8. The Hall–Kier alpha value is -0.940. The van der Waals surface area contributed by atoms with Gasteiger partial charge in [-0.15, -0.1) is 0 Å². The Kier molecular flexibility index (Phi) is 5.98. The van der Waals surface area contributed by atoms with Crippen molar-refractivity contribution in [3.63, 3.8) is 0 Å². The van der Waals surface area contributed by atoms with Crippen LogP contribution in [0, 0.1) is 15.3 Å². The van der Waals surface area contributed by atoms with E-state index < -0.39 is 0 Å². The molecule has 0 saturated carbocycles. The second-order valence-corrected chi connectivity index (χ2v) is 6.30. The average Bonchev–Trinajstić information content (AvgIpc) is 2.44. The van der Waals surface area contributed by atoms with E-state index in [0.29, 0.717) is 5.92 Å². The SMILES string of the molecule is CNCC(Cc1ccc(I)cc1)Cc1ccccc1F.